The maximum absolute atomic E-state index is 13.2. The predicted molar refractivity (Wildman–Crippen MR) is 114 cm³/mol. The van der Waals surface area contributed by atoms with Crippen LogP contribution in [0.3, 0.4) is 0 Å². The van der Waals surface area contributed by atoms with Crippen LogP contribution in [0.4, 0.5) is 0 Å². The van der Waals surface area contributed by atoms with Crippen LogP contribution < -0.4 is 0 Å². The maximum atomic E-state index is 13.2. The van der Waals surface area contributed by atoms with Crippen molar-refractivity contribution >= 4 is 5.91 Å². The standard InChI is InChI=1S/C25H30N2O2/c1-17-12-21(28)10-11-22(17)25(29)26-14-18-13-20(16-26)24-9-5-8-23(27(24)15-18)19-6-3-2-4-7-19/h2-4,6-7,10-12,18,20,23-24,28H,5,8-9,13-16H2,1H3/t18-,20+,23+,24-/m0/s1. The number of aryl methyl sites for hydroxylation is 1. The van der Waals surface area contributed by atoms with Crippen molar-refractivity contribution in [3.63, 3.8) is 0 Å². The van der Waals surface area contributed by atoms with Crippen LogP contribution in [-0.2, 0) is 0 Å². The number of nitrogens with zero attached hydrogens (tertiary/aromatic N) is 2. The van der Waals surface area contributed by atoms with E-state index in [1.165, 1.54) is 31.2 Å². The molecule has 3 aliphatic heterocycles. The van der Waals surface area contributed by atoms with Gasteiger partial charge in [-0.2, -0.15) is 0 Å². The van der Waals surface area contributed by atoms with E-state index in [0.717, 1.165) is 30.8 Å². The molecule has 0 unspecified atom stereocenters. The number of phenolic OH excluding ortho intramolecular Hbond substituents is 1. The third-order valence-electron chi connectivity index (χ3n) is 7.30. The summed E-state index contributed by atoms with van der Waals surface area (Å²) in [5, 5.41) is 9.68. The summed E-state index contributed by atoms with van der Waals surface area (Å²) in [6.45, 7) is 4.71. The van der Waals surface area contributed by atoms with Gasteiger partial charge in [-0.15, -0.1) is 0 Å². The second-order valence-corrected chi connectivity index (χ2v) is 9.19. The summed E-state index contributed by atoms with van der Waals surface area (Å²) in [6, 6.07) is 17.2. The molecule has 0 spiro atoms. The Morgan fingerprint density at radius 2 is 1.86 bits per heavy atom. The molecule has 3 saturated heterocycles. The predicted octanol–water partition coefficient (Wildman–Crippen LogP) is 4.39. The molecule has 0 aliphatic carbocycles. The first-order chi connectivity index (χ1) is 14.1. The van der Waals surface area contributed by atoms with Crippen molar-refractivity contribution in [3.05, 3.63) is 65.2 Å². The van der Waals surface area contributed by atoms with E-state index in [1.54, 1.807) is 18.2 Å². The summed E-state index contributed by atoms with van der Waals surface area (Å²) >= 11 is 0. The molecule has 3 fully saturated rings. The van der Waals surface area contributed by atoms with Gasteiger partial charge < -0.3 is 10.0 Å². The van der Waals surface area contributed by atoms with E-state index in [4.69, 9.17) is 0 Å². The first-order valence-corrected chi connectivity index (χ1v) is 11.0. The first-order valence-electron chi connectivity index (χ1n) is 11.0. The van der Waals surface area contributed by atoms with Crippen LogP contribution in [0.2, 0.25) is 0 Å². The second-order valence-electron chi connectivity index (χ2n) is 9.19. The van der Waals surface area contributed by atoms with E-state index in [2.05, 4.69) is 40.1 Å². The topological polar surface area (TPSA) is 43.8 Å². The highest BCUT2D eigenvalue weighted by atomic mass is 16.3. The molecule has 29 heavy (non-hydrogen) atoms. The minimum absolute atomic E-state index is 0.126. The van der Waals surface area contributed by atoms with Crippen LogP contribution in [0, 0.1) is 18.8 Å². The van der Waals surface area contributed by atoms with Gasteiger partial charge in [0.1, 0.15) is 5.75 Å². The van der Waals surface area contributed by atoms with Crippen LogP contribution in [0.5, 0.6) is 5.75 Å². The summed E-state index contributed by atoms with van der Waals surface area (Å²) < 4.78 is 0. The summed E-state index contributed by atoms with van der Waals surface area (Å²) in [7, 11) is 0. The highest BCUT2D eigenvalue weighted by molar-refractivity contribution is 5.96. The third-order valence-corrected chi connectivity index (χ3v) is 7.30. The largest absolute Gasteiger partial charge is 0.508 e. The van der Waals surface area contributed by atoms with Crippen molar-refractivity contribution < 1.29 is 9.90 Å². The lowest BCUT2D eigenvalue weighted by Gasteiger charge is -2.55. The first kappa shape index (κ1) is 18.7. The molecule has 2 aromatic carbocycles. The average Bonchev–Trinajstić information content (AvgIpc) is 2.73. The lowest BCUT2D eigenvalue weighted by atomic mass is 9.73. The molecule has 152 valence electrons. The van der Waals surface area contributed by atoms with Crippen LogP contribution in [0.25, 0.3) is 0 Å². The number of phenols is 1. The Morgan fingerprint density at radius 1 is 1.03 bits per heavy atom. The molecule has 4 nitrogen and oxygen atoms in total. The minimum atomic E-state index is 0.126. The van der Waals surface area contributed by atoms with Crippen LogP contribution in [-0.4, -0.2) is 46.5 Å². The Balaban J connectivity index is 1.36. The Morgan fingerprint density at radius 3 is 2.66 bits per heavy atom. The molecule has 0 saturated carbocycles. The van der Waals surface area contributed by atoms with Crippen molar-refractivity contribution in [3.8, 4) is 5.75 Å². The number of carbonyl (C=O) groups excluding carboxylic acids is 1. The number of benzene rings is 2. The highest BCUT2D eigenvalue weighted by Crippen LogP contribution is 2.44. The van der Waals surface area contributed by atoms with Crippen molar-refractivity contribution in [1.29, 1.82) is 0 Å². The lowest BCUT2D eigenvalue weighted by Crippen LogP contribution is -2.60. The van der Waals surface area contributed by atoms with Crippen molar-refractivity contribution in [2.24, 2.45) is 11.8 Å². The van der Waals surface area contributed by atoms with E-state index >= 15 is 0 Å². The van der Waals surface area contributed by atoms with E-state index in [9.17, 15) is 9.90 Å². The van der Waals surface area contributed by atoms with Gasteiger partial charge in [0.05, 0.1) is 0 Å². The smallest absolute Gasteiger partial charge is 0.254 e. The molecule has 0 radical (unpaired) electrons. The van der Waals surface area contributed by atoms with Crippen LogP contribution in [0.1, 0.15) is 53.2 Å². The van der Waals surface area contributed by atoms with Gasteiger partial charge in [0.25, 0.3) is 5.91 Å². The summed E-state index contributed by atoms with van der Waals surface area (Å²) in [5.74, 6) is 1.46. The van der Waals surface area contributed by atoms with Gasteiger partial charge in [-0.1, -0.05) is 30.3 Å². The van der Waals surface area contributed by atoms with Crippen molar-refractivity contribution in [2.75, 3.05) is 19.6 Å². The number of hydrogen-bond donors (Lipinski definition) is 1. The van der Waals surface area contributed by atoms with Gasteiger partial charge in [-0.3, -0.25) is 9.69 Å². The van der Waals surface area contributed by atoms with Gasteiger partial charge in [0.15, 0.2) is 0 Å². The zero-order chi connectivity index (χ0) is 20.0. The fourth-order valence-corrected chi connectivity index (χ4v) is 6.07. The molecule has 0 aromatic heterocycles. The van der Waals surface area contributed by atoms with Gasteiger partial charge in [0.2, 0.25) is 0 Å². The Labute approximate surface area is 173 Å². The molecule has 2 aromatic rings. The van der Waals surface area contributed by atoms with Crippen LogP contribution in [0.15, 0.2) is 48.5 Å². The molecule has 3 heterocycles. The van der Waals surface area contributed by atoms with Gasteiger partial charge in [-0.25, -0.2) is 0 Å². The van der Waals surface area contributed by atoms with E-state index in [0.29, 0.717) is 23.9 Å². The fourth-order valence-electron chi connectivity index (χ4n) is 6.07. The number of rotatable bonds is 2. The average molecular weight is 391 g/mol. The molecule has 1 N–H and O–H groups in total. The van der Waals surface area contributed by atoms with Crippen molar-refractivity contribution in [2.45, 2.75) is 44.7 Å². The molecule has 1 amide bonds. The summed E-state index contributed by atoms with van der Waals surface area (Å²) in [5.41, 5.74) is 3.03. The molecule has 2 bridgehead atoms. The Hall–Kier alpha value is -2.33. The SMILES string of the molecule is Cc1cc(O)ccc1C(=O)N1C[C@@H]2C[C@H](C1)[C@@H]1CCC[C@H](c3ccccc3)N1C2. The lowest BCUT2D eigenvalue weighted by molar-refractivity contribution is -0.0511. The zero-order valence-electron chi connectivity index (χ0n) is 17.1. The van der Waals surface area contributed by atoms with Gasteiger partial charge in [0, 0.05) is 37.3 Å². The maximum Gasteiger partial charge on any atom is 0.254 e. The minimum Gasteiger partial charge on any atom is -0.508 e. The van der Waals surface area contributed by atoms with E-state index in [-0.39, 0.29) is 11.7 Å². The molecular weight excluding hydrogens is 360 g/mol. The quantitative estimate of drug-likeness (QED) is 0.827. The number of fused-ring (bicyclic) bond motifs is 4. The number of piperidine rings is 3. The van der Waals surface area contributed by atoms with Crippen molar-refractivity contribution in [1.82, 2.24) is 9.80 Å². The second kappa shape index (κ2) is 7.49. The molecule has 3 aliphatic rings. The Kier molecular flexibility index (Phi) is 4.83. The number of aromatic hydroxyl groups is 1. The number of hydrogen-bond acceptors (Lipinski definition) is 3. The Bertz CT molecular complexity index is 897. The van der Waals surface area contributed by atoms with Gasteiger partial charge >= 0.3 is 0 Å². The number of amides is 1. The summed E-state index contributed by atoms with van der Waals surface area (Å²) in [4.78, 5) is 18.1. The molecular formula is C25H30N2O2. The molecule has 5 rings (SSSR count). The summed E-state index contributed by atoms with van der Waals surface area (Å²) in [6.07, 6.45) is 5.02. The molecule has 4 atom stereocenters. The monoisotopic (exact) mass is 390 g/mol. The van der Waals surface area contributed by atoms with E-state index < -0.39 is 0 Å². The van der Waals surface area contributed by atoms with E-state index in [1.807, 2.05) is 6.92 Å². The normalized spacial score (nSPS) is 29.3. The number of carbonyl (C=O) groups is 1. The van der Waals surface area contributed by atoms with Gasteiger partial charge in [-0.05, 0) is 73.8 Å². The fraction of sp³-hybridized carbons (Fsp3) is 0.480. The highest BCUT2D eigenvalue weighted by Gasteiger charge is 2.45. The zero-order valence-corrected chi connectivity index (χ0v) is 17.1. The van der Waals surface area contributed by atoms with Crippen LogP contribution >= 0.6 is 0 Å². The molecule has 4 heteroatoms. The number of likely N-dealkylation sites (tertiary alicyclic amines) is 1. The third kappa shape index (κ3) is 3.44.